The van der Waals surface area contributed by atoms with Crippen molar-refractivity contribution in [3.05, 3.63) is 34.3 Å². The molecule has 94 valence electrons. The van der Waals surface area contributed by atoms with Gasteiger partial charge in [0.25, 0.3) is 0 Å². The minimum absolute atomic E-state index is 0.112. The van der Waals surface area contributed by atoms with Gasteiger partial charge in [0.1, 0.15) is 0 Å². The van der Waals surface area contributed by atoms with Crippen LogP contribution in [0.25, 0.3) is 0 Å². The molecule has 0 aliphatic carbocycles. The van der Waals surface area contributed by atoms with Gasteiger partial charge in [0.05, 0.1) is 5.75 Å². The molecule has 1 aromatic carbocycles. The van der Waals surface area contributed by atoms with E-state index in [4.69, 9.17) is 0 Å². The lowest BCUT2D eigenvalue weighted by molar-refractivity contribution is -0.146. The quantitative estimate of drug-likeness (QED) is 0.838. The van der Waals surface area contributed by atoms with Gasteiger partial charge < -0.3 is 4.84 Å². The number of halogens is 1. The first-order valence-electron chi connectivity index (χ1n) is 4.86. The Hall–Kier alpha value is -0.920. The van der Waals surface area contributed by atoms with E-state index in [1.54, 1.807) is 36.1 Å². The van der Waals surface area contributed by atoms with Crippen LogP contribution in [0, 0.1) is 0 Å². The molecule has 0 heterocycles. The number of rotatable bonds is 5. The van der Waals surface area contributed by atoms with Crippen molar-refractivity contribution in [1.82, 2.24) is 4.89 Å². The van der Waals surface area contributed by atoms with Crippen LogP contribution in [0.4, 0.5) is 0 Å². The molecule has 0 aliphatic heterocycles. The van der Waals surface area contributed by atoms with Crippen LogP contribution in [0.1, 0.15) is 18.9 Å². The van der Waals surface area contributed by atoms with Crippen molar-refractivity contribution in [3.8, 4) is 0 Å². The standard InChI is InChI=1S/C10H12BrNO4S/c1-2-10(13)16-12-17(14,15)7-8-3-5-9(11)6-4-8/h3-6,12H,2,7H2,1H3. The number of nitrogens with one attached hydrogen (secondary N) is 1. The highest BCUT2D eigenvalue weighted by atomic mass is 79.9. The fourth-order valence-corrected chi connectivity index (χ4v) is 2.19. The van der Waals surface area contributed by atoms with E-state index < -0.39 is 16.0 Å². The van der Waals surface area contributed by atoms with Gasteiger partial charge in [0, 0.05) is 10.9 Å². The van der Waals surface area contributed by atoms with Crippen LogP contribution in [-0.2, 0) is 25.4 Å². The number of carbonyl (C=O) groups is 1. The average molecular weight is 322 g/mol. The second kappa shape index (κ2) is 6.13. The summed E-state index contributed by atoms with van der Waals surface area (Å²) in [5.41, 5.74) is 0.605. The van der Waals surface area contributed by atoms with E-state index in [9.17, 15) is 13.2 Å². The predicted octanol–water partition coefficient (Wildman–Crippen LogP) is 1.74. The van der Waals surface area contributed by atoms with Crippen molar-refractivity contribution in [2.45, 2.75) is 19.1 Å². The number of hydrogen-bond donors (Lipinski definition) is 1. The minimum Gasteiger partial charge on any atom is -0.356 e. The molecule has 0 saturated carbocycles. The Balaban J connectivity index is 2.60. The molecule has 0 radical (unpaired) electrons. The zero-order valence-corrected chi connectivity index (χ0v) is 11.5. The molecule has 0 atom stereocenters. The number of hydrogen-bond acceptors (Lipinski definition) is 4. The van der Waals surface area contributed by atoms with E-state index in [0.29, 0.717) is 5.56 Å². The van der Waals surface area contributed by atoms with Crippen LogP contribution in [0.15, 0.2) is 28.7 Å². The van der Waals surface area contributed by atoms with Gasteiger partial charge in [-0.1, -0.05) is 35.0 Å². The predicted molar refractivity (Wildman–Crippen MR) is 66.3 cm³/mol. The lowest BCUT2D eigenvalue weighted by Crippen LogP contribution is -2.28. The number of benzene rings is 1. The van der Waals surface area contributed by atoms with E-state index >= 15 is 0 Å². The Morgan fingerprint density at radius 1 is 1.35 bits per heavy atom. The van der Waals surface area contributed by atoms with Crippen molar-refractivity contribution in [1.29, 1.82) is 0 Å². The fraction of sp³-hybridized carbons (Fsp3) is 0.300. The molecule has 0 aromatic heterocycles. The molecular weight excluding hydrogens is 310 g/mol. The van der Waals surface area contributed by atoms with Gasteiger partial charge in [0.2, 0.25) is 10.0 Å². The summed E-state index contributed by atoms with van der Waals surface area (Å²) in [6.07, 6.45) is 0.112. The first-order valence-corrected chi connectivity index (χ1v) is 7.31. The first-order chi connectivity index (χ1) is 7.93. The molecule has 0 unspecified atom stereocenters. The molecule has 1 aromatic rings. The third-order valence-corrected chi connectivity index (χ3v) is 3.42. The Labute approximate surface area is 108 Å². The van der Waals surface area contributed by atoms with Crippen LogP contribution in [0.3, 0.4) is 0 Å². The molecule has 1 rings (SSSR count). The molecule has 5 nitrogen and oxygen atoms in total. The van der Waals surface area contributed by atoms with Gasteiger partial charge in [0.15, 0.2) is 0 Å². The summed E-state index contributed by atoms with van der Waals surface area (Å²) in [5, 5.41) is 0. The van der Waals surface area contributed by atoms with Crippen molar-refractivity contribution in [3.63, 3.8) is 0 Å². The molecule has 0 bridgehead atoms. The highest BCUT2D eigenvalue weighted by Crippen LogP contribution is 2.12. The number of carbonyl (C=O) groups excluding carboxylic acids is 1. The van der Waals surface area contributed by atoms with E-state index in [-0.39, 0.29) is 12.2 Å². The largest absolute Gasteiger partial charge is 0.356 e. The topological polar surface area (TPSA) is 72.5 Å². The Morgan fingerprint density at radius 3 is 2.47 bits per heavy atom. The van der Waals surface area contributed by atoms with Gasteiger partial charge >= 0.3 is 5.97 Å². The van der Waals surface area contributed by atoms with Crippen LogP contribution in [0.5, 0.6) is 0 Å². The maximum absolute atomic E-state index is 11.5. The maximum atomic E-state index is 11.5. The van der Waals surface area contributed by atoms with E-state index in [1.165, 1.54) is 0 Å². The summed E-state index contributed by atoms with van der Waals surface area (Å²) in [6.45, 7) is 1.57. The summed E-state index contributed by atoms with van der Waals surface area (Å²) in [6, 6.07) is 6.82. The highest BCUT2D eigenvalue weighted by molar-refractivity contribution is 9.10. The van der Waals surface area contributed by atoms with Gasteiger partial charge in [-0.2, -0.15) is 0 Å². The summed E-state index contributed by atoms with van der Waals surface area (Å²) in [7, 11) is -3.66. The smallest absolute Gasteiger partial charge is 0.325 e. The lowest BCUT2D eigenvalue weighted by Gasteiger charge is -2.06. The third-order valence-electron chi connectivity index (χ3n) is 1.84. The summed E-state index contributed by atoms with van der Waals surface area (Å²) in [5.74, 6) is -0.860. The van der Waals surface area contributed by atoms with Crippen molar-refractivity contribution in [2.75, 3.05) is 0 Å². The van der Waals surface area contributed by atoms with Gasteiger partial charge in [-0.05, 0) is 22.6 Å². The Morgan fingerprint density at radius 2 is 1.94 bits per heavy atom. The number of sulfonamides is 1. The van der Waals surface area contributed by atoms with Gasteiger partial charge in [-0.3, -0.25) is 4.79 Å². The Bertz CT molecular complexity index is 484. The monoisotopic (exact) mass is 321 g/mol. The SMILES string of the molecule is CCC(=O)ONS(=O)(=O)Cc1ccc(Br)cc1. The second-order valence-corrected chi connectivity index (χ2v) is 5.90. The summed E-state index contributed by atoms with van der Waals surface area (Å²) < 4.78 is 23.9. The third kappa shape index (κ3) is 5.29. The minimum atomic E-state index is -3.66. The van der Waals surface area contributed by atoms with Crippen LogP contribution in [-0.4, -0.2) is 14.4 Å². The summed E-state index contributed by atoms with van der Waals surface area (Å²) in [4.78, 5) is 16.9. The maximum Gasteiger partial charge on any atom is 0.325 e. The average Bonchev–Trinajstić information content (AvgIpc) is 2.29. The fourth-order valence-electron chi connectivity index (χ4n) is 1.01. The molecule has 7 heteroatoms. The highest BCUT2D eigenvalue weighted by Gasteiger charge is 2.13. The molecule has 0 spiro atoms. The zero-order valence-electron chi connectivity index (χ0n) is 9.14. The zero-order chi connectivity index (χ0) is 12.9. The Kier molecular flexibility index (Phi) is 5.10. The molecule has 17 heavy (non-hydrogen) atoms. The van der Waals surface area contributed by atoms with Crippen molar-refractivity contribution in [2.24, 2.45) is 0 Å². The normalized spacial score (nSPS) is 11.2. The van der Waals surface area contributed by atoms with Crippen LogP contribution >= 0.6 is 15.9 Å². The van der Waals surface area contributed by atoms with Crippen LogP contribution < -0.4 is 4.89 Å². The summed E-state index contributed by atoms with van der Waals surface area (Å²) >= 11 is 3.25. The molecular formula is C10H12BrNO4S. The second-order valence-electron chi connectivity index (χ2n) is 3.30. The van der Waals surface area contributed by atoms with Crippen molar-refractivity contribution >= 4 is 31.9 Å². The van der Waals surface area contributed by atoms with E-state index in [0.717, 1.165) is 4.47 Å². The molecule has 0 fully saturated rings. The first kappa shape index (κ1) is 14.1. The molecule has 0 amide bonds. The molecule has 0 aliphatic rings. The van der Waals surface area contributed by atoms with Gasteiger partial charge in [-0.25, -0.2) is 8.42 Å². The van der Waals surface area contributed by atoms with E-state index in [2.05, 4.69) is 20.8 Å². The lowest BCUT2D eigenvalue weighted by atomic mass is 10.2. The van der Waals surface area contributed by atoms with Crippen molar-refractivity contribution < 1.29 is 18.0 Å². The molecule has 0 saturated heterocycles. The molecule has 1 N–H and O–H groups in total. The van der Waals surface area contributed by atoms with Gasteiger partial charge in [-0.15, -0.1) is 0 Å². The van der Waals surface area contributed by atoms with E-state index in [1.807, 2.05) is 0 Å². The van der Waals surface area contributed by atoms with Crippen LogP contribution in [0.2, 0.25) is 0 Å².